The van der Waals surface area contributed by atoms with E-state index in [9.17, 15) is 0 Å². The molecule has 0 aliphatic rings. The van der Waals surface area contributed by atoms with E-state index >= 15 is 0 Å². The summed E-state index contributed by atoms with van der Waals surface area (Å²) in [4.78, 5) is 0. The average molecular weight is 799 g/mol. The molecule has 0 amide bonds. The fourth-order valence-corrected chi connectivity index (χ4v) is 10.1. The van der Waals surface area contributed by atoms with Crippen LogP contribution in [-0.4, -0.2) is 0 Å². The normalized spacial score (nSPS) is 11.8. The van der Waals surface area contributed by atoms with Gasteiger partial charge in [0.2, 0.25) is 0 Å². The summed E-state index contributed by atoms with van der Waals surface area (Å²) in [6, 6.07) is 84.6. The predicted molar refractivity (Wildman–Crippen MR) is 268 cm³/mol. The molecule has 0 spiro atoms. The zero-order valence-electron chi connectivity index (χ0n) is 34.3. The molecule has 1 aromatic heterocycles. The van der Waals surface area contributed by atoms with Crippen molar-refractivity contribution in [2.75, 3.05) is 0 Å². The average Bonchev–Trinajstić information content (AvgIpc) is 3.73. The fraction of sp³-hybridized carbons (Fsp3) is 0. The maximum atomic E-state index is 6.09. The third-order valence-electron chi connectivity index (χ3n) is 13.2. The van der Waals surface area contributed by atoms with Crippen molar-refractivity contribution in [1.29, 1.82) is 0 Å². The summed E-state index contributed by atoms with van der Waals surface area (Å²) in [6.07, 6.45) is 0. The minimum absolute atomic E-state index is 0.920. The second-order valence-electron chi connectivity index (χ2n) is 16.8. The summed E-state index contributed by atoms with van der Waals surface area (Å²) < 4.78 is 6.09. The Morgan fingerprint density at radius 1 is 0.190 bits per heavy atom. The molecule has 13 aromatic rings. The summed E-state index contributed by atoms with van der Waals surface area (Å²) in [5.41, 5.74) is 14.1. The highest BCUT2D eigenvalue weighted by atomic mass is 16.3. The Labute approximate surface area is 364 Å². The van der Waals surface area contributed by atoms with Crippen LogP contribution < -0.4 is 0 Å². The Morgan fingerprint density at radius 2 is 0.540 bits per heavy atom. The quantitative estimate of drug-likeness (QED) is 0.158. The molecule has 0 bridgehead atoms. The summed E-state index contributed by atoms with van der Waals surface area (Å²) >= 11 is 0. The lowest BCUT2D eigenvalue weighted by atomic mass is 9.85. The highest BCUT2D eigenvalue weighted by Crippen LogP contribution is 2.45. The zero-order chi connectivity index (χ0) is 41.4. The SMILES string of the molecule is c1cc(-c2ccc3ccccc3c2)cc(-c2c3ccccc3c(-c3ccc4cc(-c5ccc6cc(-c7ccc8oc9ccccc9c8c7)ccc6c5)ccc4c3)c3ccccc23)c1. The molecule has 1 heterocycles. The van der Waals surface area contributed by atoms with Crippen LogP contribution in [-0.2, 0) is 0 Å². The van der Waals surface area contributed by atoms with Crippen molar-refractivity contribution in [1.82, 2.24) is 0 Å². The monoisotopic (exact) mass is 798 g/mol. The molecule has 0 atom stereocenters. The minimum atomic E-state index is 0.920. The molecule has 0 fully saturated rings. The van der Waals surface area contributed by atoms with E-state index in [-0.39, 0.29) is 0 Å². The van der Waals surface area contributed by atoms with E-state index in [2.05, 4.69) is 218 Å². The number of fused-ring (bicyclic) bond motifs is 8. The molecule has 1 heteroatoms. The Balaban J connectivity index is 0.859. The highest BCUT2D eigenvalue weighted by molar-refractivity contribution is 6.22. The molecule has 0 aliphatic carbocycles. The fourth-order valence-electron chi connectivity index (χ4n) is 10.1. The van der Waals surface area contributed by atoms with Gasteiger partial charge in [-0.3, -0.25) is 0 Å². The number of benzene rings is 12. The molecule has 63 heavy (non-hydrogen) atoms. The smallest absolute Gasteiger partial charge is 0.135 e. The second kappa shape index (κ2) is 14.2. The first-order chi connectivity index (χ1) is 31.2. The van der Waals surface area contributed by atoms with Crippen LogP contribution in [0.25, 0.3) is 131 Å². The zero-order valence-corrected chi connectivity index (χ0v) is 34.3. The third-order valence-corrected chi connectivity index (χ3v) is 13.2. The van der Waals surface area contributed by atoms with Gasteiger partial charge in [0.25, 0.3) is 0 Å². The number of hydrogen-bond acceptors (Lipinski definition) is 1. The van der Waals surface area contributed by atoms with Gasteiger partial charge in [-0.2, -0.15) is 0 Å². The molecule has 0 unspecified atom stereocenters. The molecule has 0 saturated carbocycles. The summed E-state index contributed by atoms with van der Waals surface area (Å²) in [7, 11) is 0. The minimum Gasteiger partial charge on any atom is -0.456 e. The molecule has 0 saturated heterocycles. The van der Waals surface area contributed by atoms with E-state index in [1.54, 1.807) is 0 Å². The van der Waals surface area contributed by atoms with Gasteiger partial charge < -0.3 is 4.42 Å². The Bertz CT molecular complexity index is 3920. The lowest BCUT2D eigenvalue weighted by Crippen LogP contribution is -1.91. The van der Waals surface area contributed by atoms with Gasteiger partial charge in [0.15, 0.2) is 0 Å². The van der Waals surface area contributed by atoms with Crippen LogP contribution in [0.15, 0.2) is 235 Å². The summed E-state index contributed by atoms with van der Waals surface area (Å²) in [5.74, 6) is 0. The molecule has 0 radical (unpaired) electrons. The van der Waals surface area contributed by atoms with Gasteiger partial charge in [0.1, 0.15) is 11.2 Å². The van der Waals surface area contributed by atoms with E-state index in [1.165, 1.54) is 109 Å². The Hall–Kier alpha value is -8.26. The van der Waals surface area contributed by atoms with Crippen molar-refractivity contribution in [2.45, 2.75) is 0 Å². The van der Waals surface area contributed by atoms with Crippen LogP contribution in [0.5, 0.6) is 0 Å². The van der Waals surface area contributed by atoms with Crippen molar-refractivity contribution in [2.24, 2.45) is 0 Å². The van der Waals surface area contributed by atoms with Gasteiger partial charge in [0.05, 0.1) is 0 Å². The second-order valence-corrected chi connectivity index (χ2v) is 16.8. The molecular weight excluding hydrogens is 761 g/mol. The Morgan fingerprint density at radius 3 is 1.11 bits per heavy atom. The summed E-state index contributed by atoms with van der Waals surface area (Å²) in [5, 5.41) is 14.7. The first-order valence-corrected chi connectivity index (χ1v) is 21.7. The van der Waals surface area contributed by atoms with Crippen LogP contribution >= 0.6 is 0 Å². The van der Waals surface area contributed by atoms with Crippen LogP contribution in [0.2, 0.25) is 0 Å². The van der Waals surface area contributed by atoms with Crippen molar-refractivity contribution >= 4 is 75.8 Å². The van der Waals surface area contributed by atoms with Gasteiger partial charge in [-0.1, -0.05) is 176 Å². The molecular formula is C62H38O. The first-order valence-electron chi connectivity index (χ1n) is 21.7. The van der Waals surface area contributed by atoms with E-state index in [4.69, 9.17) is 4.42 Å². The first kappa shape index (κ1) is 35.5. The van der Waals surface area contributed by atoms with E-state index < -0.39 is 0 Å². The lowest BCUT2D eigenvalue weighted by Gasteiger charge is -2.18. The van der Waals surface area contributed by atoms with Crippen molar-refractivity contribution in [3.63, 3.8) is 0 Å². The van der Waals surface area contributed by atoms with Crippen molar-refractivity contribution < 1.29 is 4.42 Å². The maximum Gasteiger partial charge on any atom is 0.135 e. The maximum absolute atomic E-state index is 6.09. The van der Waals surface area contributed by atoms with E-state index in [0.29, 0.717) is 0 Å². The number of hydrogen-bond donors (Lipinski definition) is 0. The number of para-hydroxylation sites is 1. The molecule has 13 rings (SSSR count). The third kappa shape index (κ3) is 5.93. The molecule has 12 aromatic carbocycles. The molecule has 1 nitrogen and oxygen atoms in total. The summed E-state index contributed by atoms with van der Waals surface area (Å²) in [6.45, 7) is 0. The van der Waals surface area contributed by atoms with Crippen molar-refractivity contribution in [3.05, 3.63) is 231 Å². The Kier molecular flexibility index (Phi) is 7.98. The van der Waals surface area contributed by atoms with Crippen molar-refractivity contribution in [3.8, 4) is 55.6 Å². The van der Waals surface area contributed by atoms with E-state index in [1.807, 2.05) is 12.1 Å². The largest absolute Gasteiger partial charge is 0.456 e. The van der Waals surface area contributed by atoms with Gasteiger partial charge >= 0.3 is 0 Å². The number of rotatable bonds is 5. The van der Waals surface area contributed by atoms with Gasteiger partial charge in [0, 0.05) is 10.8 Å². The van der Waals surface area contributed by atoms with Gasteiger partial charge in [-0.15, -0.1) is 0 Å². The molecule has 292 valence electrons. The highest BCUT2D eigenvalue weighted by Gasteiger charge is 2.18. The van der Waals surface area contributed by atoms with Gasteiger partial charge in [-0.05, 0) is 164 Å². The van der Waals surface area contributed by atoms with E-state index in [0.717, 1.165) is 21.9 Å². The van der Waals surface area contributed by atoms with Crippen LogP contribution in [0.4, 0.5) is 0 Å². The standard InChI is InChI=1S/C62H38O/c1-2-11-40-32-42(21-20-39(40)10-1)41-12-9-13-51(36-41)61-54-15-3-5-17-56(54)62(57-18-6-4-16-55(57)61)52-29-28-47-34-45(25-27-49(47)37-52)43-22-23-46-35-48(26-24-44(46)33-43)50-30-31-60-58(38-50)53-14-7-8-19-59(53)63-60/h1-38H. The van der Waals surface area contributed by atoms with Crippen LogP contribution in [0.3, 0.4) is 0 Å². The van der Waals surface area contributed by atoms with Gasteiger partial charge in [-0.25, -0.2) is 0 Å². The molecule has 0 N–H and O–H groups in total. The lowest BCUT2D eigenvalue weighted by molar-refractivity contribution is 0.669. The van der Waals surface area contributed by atoms with Crippen LogP contribution in [0, 0.1) is 0 Å². The topological polar surface area (TPSA) is 13.1 Å². The number of furan rings is 1. The predicted octanol–water partition coefficient (Wildman–Crippen LogP) is 17.7. The van der Waals surface area contributed by atoms with Crippen LogP contribution in [0.1, 0.15) is 0 Å². The molecule has 0 aliphatic heterocycles.